The van der Waals surface area contributed by atoms with Crippen LogP contribution in [0, 0.1) is 5.41 Å². The Labute approximate surface area is 96.4 Å². The summed E-state index contributed by atoms with van der Waals surface area (Å²) in [6, 6.07) is -0.0892. The summed E-state index contributed by atoms with van der Waals surface area (Å²) >= 11 is 0. The zero-order valence-corrected chi connectivity index (χ0v) is 10.2. The van der Waals surface area contributed by atoms with Gasteiger partial charge in [0.1, 0.15) is 0 Å². The Morgan fingerprint density at radius 2 is 2.25 bits per heavy atom. The van der Waals surface area contributed by atoms with Gasteiger partial charge in [0.15, 0.2) is 0 Å². The zero-order valence-electron chi connectivity index (χ0n) is 10.2. The van der Waals surface area contributed by atoms with E-state index in [1.54, 1.807) is 18.7 Å². The van der Waals surface area contributed by atoms with E-state index in [1.807, 2.05) is 6.92 Å². The lowest BCUT2D eigenvalue weighted by Crippen LogP contribution is -2.45. The van der Waals surface area contributed by atoms with E-state index in [0.717, 1.165) is 13.0 Å². The molecular weight excluding hydrogens is 206 g/mol. The molecule has 0 aliphatic carbocycles. The summed E-state index contributed by atoms with van der Waals surface area (Å²) < 4.78 is 0. The summed E-state index contributed by atoms with van der Waals surface area (Å²) in [5, 5.41) is 3.13. The molecule has 2 amide bonds. The molecule has 5 nitrogen and oxygen atoms in total. The fourth-order valence-corrected chi connectivity index (χ4v) is 1.89. The van der Waals surface area contributed by atoms with Crippen molar-refractivity contribution in [2.75, 3.05) is 19.6 Å². The second kappa shape index (κ2) is 4.82. The van der Waals surface area contributed by atoms with Crippen LogP contribution < -0.4 is 11.1 Å². The molecular formula is C11H21N3O2. The number of likely N-dealkylation sites (tertiary alicyclic amines) is 1. The highest BCUT2D eigenvalue weighted by Crippen LogP contribution is 2.20. The molecule has 3 N–H and O–H groups in total. The van der Waals surface area contributed by atoms with E-state index in [9.17, 15) is 9.59 Å². The molecule has 1 saturated heterocycles. The van der Waals surface area contributed by atoms with Crippen LogP contribution in [-0.2, 0) is 9.59 Å². The molecule has 92 valence electrons. The standard InChI is InChI=1S/C11H21N3O2/c1-4-13-8-5-6-14(9(8)15)7-11(2,3)10(12)16/h8,13H,4-7H2,1-3H3,(H2,12,16). The van der Waals surface area contributed by atoms with E-state index in [0.29, 0.717) is 13.1 Å². The van der Waals surface area contributed by atoms with Crippen LogP contribution >= 0.6 is 0 Å². The zero-order chi connectivity index (χ0) is 12.3. The monoisotopic (exact) mass is 227 g/mol. The summed E-state index contributed by atoms with van der Waals surface area (Å²) in [5.41, 5.74) is 4.64. The van der Waals surface area contributed by atoms with Crippen LogP contribution in [0.3, 0.4) is 0 Å². The Morgan fingerprint density at radius 3 is 2.75 bits per heavy atom. The molecule has 0 aromatic rings. The highest BCUT2D eigenvalue weighted by Gasteiger charge is 2.36. The van der Waals surface area contributed by atoms with Gasteiger partial charge in [0, 0.05) is 13.1 Å². The molecule has 0 radical (unpaired) electrons. The SMILES string of the molecule is CCNC1CCN(CC(C)(C)C(N)=O)C1=O. The fraction of sp³-hybridized carbons (Fsp3) is 0.818. The molecule has 16 heavy (non-hydrogen) atoms. The average Bonchev–Trinajstić information content (AvgIpc) is 2.50. The number of hydrogen-bond donors (Lipinski definition) is 2. The van der Waals surface area contributed by atoms with Crippen LogP contribution in [0.25, 0.3) is 0 Å². The first-order valence-corrected chi connectivity index (χ1v) is 5.70. The second-order valence-corrected chi connectivity index (χ2v) is 4.91. The van der Waals surface area contributed by atoms with Gasteiger partial charge in [-0.1, -0.05) is 6.92 Å². The number of amides is 2. The van der Waals surface area contributed by atoms with E-state index in [1.165, 1.54) is 0 Å². The second-order valence-electron chi connectivity index (χ2n) is 4.91. The molecule has 1 rings (SSSR count). The van der Waals surface area contributed by atoms with Crippen molar-refractivity contribution < 1.29 is 9.59 Å². The van der Waals surface area contributed by atoms with Gasteiger partial charge in [0.25, 0.3) is 0 Å². The molecule has 1 fully saturated rings. The van der Waals surface area contributed by atoms with Gasteiger partial charge < -0.3 is 16.0 Å². The Bertz CT molecular complexity index is 289. The largest absolute Gasteiger partial charge is 0.369 e. The summed E-state index contributed by atoms with van der Waals surface area (Å²) in [4.78, 5) is 24.8. The Hall–Kier alpha value is -1.10. The maximum Gasteiger partial charge on any atom is 0.239 e. The topological polar surface area (TPSA) is 75.4 Å². The third kappa shape index (κ3) is 2.72. The molecule has 1 aliphatic rings. The highest BCUT2D eigenvalue weighted by molar-refractivity contribution is 5.85. The number of primary amides is 1. The van der Waals surface area contributed by atoms with E-state index in [2.05, 4.69) is 5.32 Å². The third-order valence-electron chi connectivity index (χ3n) is 3.00. The van der Waals surface area contributed by atoms with Crippen LogP contribution in [-0.4, -0.2) is 42.4 Å². The van der Waals surface area contributed by atoms with E-state index in [4.69, 9.17) is 5.73 Å². The van der Waals surface area contributed by atoms with Gasteiger partial charge in [-0.2, -0.15) is 0 Å². The molecule has 1 unspecified atom stereocenters. The van der Waals surface area contributed by atoms with Crippen molar-refractivity contribution in [2.24, 2.45) is 11.1 Å². The lowest BCUT2D eigenvalue weighted by atomic mass is 9.92. The number of carbonyl (C=O) groups is 2. The molecule has 0 aromatic carbocycles. The molecule has 1 atom stereocenters. The van der Waals surface area contributed by atoms with Crippen LogP contribution in [0.15, 0.2) is 0 Å². The Kier molecular flexibility index (Phi) is 3.91. The van der Waals surface area contributed by atoms with Crippen molar-refractivity contribution in [2.45, 2.75) is 33.2 Å². The minimum absolute atomic E-state index is 0.0798. The van der Waals surface area contributed by atoms with Crippen LogP contribution in [0.1, 0.15) is 27.2 Å². The number of hydrogen-bond acceptors (Lipinski definition) is 3. The number of rotatable bonds is 5. The summed E-state index contributed by atoms with van der Waals surface area (Å²) in [6.45, 7) is 7.40. The van der Waals surface area contributed by atoms with Gasteiger partial charge in [-0.05, 0) is 26.8 Å². The molecule has 0 saturated carbocycles. The van der Waals surface area contributed by atoms with Crippen molar-refractivity contribution >= 4 is 11.8 Å². The maximum absolute atomic E-state index is 11.9. The fourth-order valence-electron chi connectivity index (χ4n) is 1.89. The molecule has 0 aromatic heterocycles. The summed E-state index contributed by atoms with van der Waals surface area (Å²) in [6.07, 6.45) is 0.807. The summed E-state index contributed by atoms with van der Waals surface area (Å²) in [5.74, 6) is -0.289. The van der Waals surface area contributed by atoms with Gasteiger partial charge in [0.2, 0.25) is 11.8 Å². The lowest BCUT2D eigenvalue weighted by molar-refractivity contribution is -0.133. The Morgan fingerprint density at radius 1 is 1.62 bits per heavy atom. The maximum atomic E-state index is 11.9. The van der Waals surface area contributed by atoms with Gasteiger partial charge in [-0.25, -0.2) is 0 Å². The van der Waals surface area contributed by atoms with Gasteiger partial charge in [-0.15, -0.1) is 0 Å². The van der Waals surface area contributed by atoms with Gasteiger partial charge >= 0.3 is 0 Å². The molecule has 0 spiro atoms. The van der Waals surface area contributed by atoms with Gasteiger partial charge in [0.05, 0.1) is 11.5 Å². The van der Waals surface area contributed by atoms with E-state index < -0.39 is 5.41 Å². The number of nitrogens with two attached hydrogens (primary N) is 1. The Balaban J connectivity index is 2.58. The first-order chi connectivity index (χ1) is 7.38. The number of likely N-dealkylation sites (N-methyl/N-ethyl adjacent to an activating group) is 1. The third-order valence-corrected chi connectivity index (χ3v) is 3.00. The minimum Gasteiger partial charge on any atom is -0.369 e. The predicted octanol–water partition coefficient (Wildman–Crippen LogP) is -0.292. The lowest BCUT2D eigenvalue weighted by Gasteiger charge is -2.27. The van der Waals surface area contributed by atoms with Crippen molar-refractivity contribution in [1.29, 1.82) is 0 Å². The van der Waals surface area contributed by atoms with Crippen molar-refractivity contribution in [3.05, 3.63) is 0 Å². The quantitative estimate of drug-likeness (QED) is 0.677. The molecule has 1 heterocycles. The number of nitrogens with zero attached hydrogens (tertiary/aromatic N) is 1. The molecule has 1 aliphatic heterocycles. The van der Waals surface area contributed by atoms with Crippen molar-refractivity contribution in [3.63, 3.8) is 0 Å². The highest BCUT2D eigenvalue weighted by atomic mass is 16.2. The normalized spacial score (nSPS) is 21.6. The van der Waals surface area contributed by atoms with Crippen LogP contribution in [0.5, 0.6) is 0 Å². The van der Waals surface area contributed by atoms with E-state index in [-0.39, 0.29) is 17.9 Å². The van der Waals surface area contributed by atoms with Crippen LogP contribution in [0.4, 0.5) is 0 Å². The first-order valence-electron chi connectivity index (χ1n) is 5.70. The smallest absolute Gasteiger partial charge is 0.239 e. The van der Waals surface area contributed by atoms with E-state index >= 15 is 0 Å². The average molecular weight is 227 g/mol. The molecule has 5 heteroatoms. The predicted molar refractivity (Wildman–Crippen MR) is 61.6 cm³/mol. The number of carbonyl (C=O) groups excluding carboxylic acids is 2. The van der Waals surface area contributed by atoms with Crippen molar-refractivity contribution in [1.82, 2.24) is 10.2 Å². The number of nitrogens with one attached hydrogen (secondary N) is 1. The van der Waals surface area contributed by atoms with Crippen LogP contribution in [0.2, 0.25) is 0 Å². The van der Waals surface area contributed by atoms with Gasteiger partial charge in [-0.3, -0.25) is 9.59 Å². The van der Waals surface area contributed by atoms with Crippen molar-refractivity contribution in [3.8, 4) is 0 Å². The first kappa shape index (κ1) is 13.0. The minimum atomic E-state index is -0.656. The summed E-state index contributed by atoms with van der Waals surface area (Å²) in [7, 11) is 0. The molecule has 0 bridgehead atoms.